The zero-order valence-electron chi connectivity index (χ0n) is 12.8. The molecule has 23 heavy (non-hydrogen) atoms. The Bertz CT molecular complexity index is 745. The van der Waals surface area contributed by atoms with Crippen molar-refractivity contribution in [1.29, 1.82) is 0 Å². The van der Waals surface area contributed by atoms with Gasteiger partial charge in [0.15, 0.2) is 11.6 Å². The molecule has 1 aliphatic rings. The third kappa shape index (κ3) is 3.05. The van der Waals surface area contributed by atoms with Crippen LogP contribution in [0.2, 0.25) is 0 Å². The van der Waals surface area contributed by atoms with E-state index in [0.717, 1.165) is 23.1 Å². The van der Waals surface area contributed by atoms with Crippen LogP contribution in [0.25, 0.3) is 11.1 Å². The molecule has 1 amide bonds. The Kier molecular flexibility index (Phi) is 4.30. The Hall–Kier alpha value is -2.40. The monoisotopic (exact) mass is 315 g/mol. The molecule has 0 heterocycles. The van der Waals surface area contributed by atoms with Gasteiger partial charge in [-0.2, -0.15) is 0 Å². The van der Waals surface area contributed by atoms with Gasteiger partial charge in [0.2, 0.25) is 5.91 Å². The molecule has 1 atom stereocenters. The average molecular weight is 315 g/mol. The zero-order chi connectivity index (χ0) is 16.4. The summed E-state index contributed by atoms with van der Waals surface area (Å²) in [6.07, 6.45) is 2.07. The Morgan fingerprint density at radius 3 is 2.65 bits per heavy atom. The Morgan fingerprint density at radius 2 is 1.96 bits per heavy atom. The van der Waals surface area contributed by atoms with Crippen molar-refractivity contribution in [3.8, 4) is 16.9 Å². The first-order chi connectivity index (χ1) is 11.1. The first kappa shape index (κ1) is 15.5. The standard InChI is InChI=1S/C18H18FNO3/c1-23-17-7-6-14(10-16(17)19)12-2-3-13-9-15(18(21)20-22)5-4-11(13)8-12/h2-3,6-8,10,15,22H,4-5,9H2,1H3,(H,20,21). The molecule has 2 aromatic rings. The minimum Gasteiger partial charge on any atom is -0.494 e. The largest absolute Gasteiger partial charge is 0.494 e. The van der Waals surface area contributed by atoms with E-state index in [1.807, 2.05) is 24.3 Å². The molecule has 0 aromatic heterocycles. The third-order valence-electron chi connectivity index (χ3n) is 4.40. The van der Waals surface area contributed by atoms with E-state index in [0.29, 0.717) is 12.8 Å². The minimum atomic E-state index is -0.387. The van der Waals surface area contributed by atoms with Crippen LogP contribution < -0.4 is 10.2 Å². The molecular formula is C18H18FNO3. The molecule has 0 bridgehead atoms. The number of hydrogen-bond acceptors (Lipinski definition) is 3. The van der Waals surface area contributed by atoms with E-state index in [9.17, 15) is 9.18 Å². The first-order valence-corrected chi connectivity index (χ1v) is 7.52. The number of halogens is 1. The van der Waals surface area contributed by atoms with E-state index < -0.39 is 0 Å². The lowest BCUT2D eigenvalue weighted by atomic mass is 9.82. The summed E-state index contributed by atoms with van der Waals surface area (Å²) in [5, 5.41) is 8.75. The summed E-state index contributed by atoms with van der Waals surface area (Å²) in [5.74, 6) is -0.694. The van der Waals surface area contributed by atoms with Gasteiger partial charge in [0, 0.05) is 5.92 Å². The van der Waals surface area contributed by atoms with Gasteiger partial charge in [0.1, 0.15) is 0 Å². The van der Waals surface area contributed by atoms with Crippen molar-refractivity contribution in [2.24, 2.45) is 5.92 Å². The zero-order valence-corrected chi connectivity index (χ0v) is 12.8. The number of hydroxylamine groups is 1. The van der Waals surface area contributed by atoms with Crippen molar-refractivity contribution >= 4 is 5.91 Å². The Morgan fingerprint density at radius 1 is 1.22 bits per heavy atom. The number of nitrogens with one attached hydrogen (secondary N) is 1. The molecule has 1 unspecified atom stereocenters. The maximum absolute atomic E-state index is 13.9. The molecule has 1 aliphatic carbocycles. The van der Waals surface area contributed by atoms with Gasteiger partial charge in [-0.15, -0.1) is 0 Å². The number of rotatable bonds is 3. The summed E-state index contributed by atoms with van der Waals surface area (Å²) >= 11 is 0. The van der Waals surface area contributed by atoms with Crippen molar-refractivity contribution in [2.75, 3.05) is 7.11 Å². The maximum atomic E-state index is 13.9. The van der Waals surface area contributed by atoms with Crippen LogP contribution in [-0.4, -0.2) is 18.2 Å². The highest BCUT2D eigenvalue weighted by atomic mass is 19.1. The molecule has 0 aliphatic heterocycles. The number of carbonyl (C=O) groups is 1. The van der Waals surface area contributed by atoms with Crippen molar-refractivity contribution < 1.29 is 19.1 Å². The van der Waals surface area contributed by atoms with Crippen LogP contribution in [0.3, 0.4) is 0 Å². The highest BCUT2D eigenvalue weighted by Gasteiger charge is 2.24. The molecule has 0 fully saturated rings. The number of methoxy groups -OCH3 is 1. The minimum absolute atomic E-state index is 0.197. The normalized spacial score (nSPS) is 16.6. The summed E-state index contributed by atoms with van der Waals surface area (Å²) < 4.78 is 18.8. The average Bonchev–Trinajstić information content (AvgIpc) is 2.60. The summed E-state index contributed by atoms with van der Waals surface area (Å²) in [4.78, 5) is 11.5. The number of fused-ring (bicyclic) bond motifs is 1. The second-order valence-electron chi connectivity index (χ2n) is 5.75. The van der Waals surface area contributed by atoms with E-state index in [-0.39, 0.29) is 23.4 Å². The van der Waals surface area contributed by atoms with E-state index in [2.05, 4.69) is 0 Å². The molecular weight excluding hydrogens is 297 g/mol. The van der Waals surface area contributed by atoms with Crippen molar-refractivity contribution in [2.45, 2.75) is 19.3 Å². The highest BCUT2D eigenvalue weighted by molar-refractivity contribution is 5.78. The van der Waals surface area contributed by atoms with Gasteiger partial charge in [0.25, 0.3) is 0 Å². The summed E-state index contributed by atoms with van der Waals surface area (Å²) in [7, 11) is 1.44. The summed E-state index contributed by atoms with van der Waals surface area (Å²) in [6.45, 7) is 0. The quantitative estimate of drug-likeness (QED) is 0.676. The second-order valence-corrected chi connectivity index (χ2v) is 5.75. The van der Waals surface area contributed by atoms with Gasteiger partial charge in [-0.25, -0.2) is 9.87 Å². The first-order valence-electron chi connectivity index (χ1n) is 7.52. The highest BCUT2D eigenvalue weighted by Crippen LogP contribution is 2.31. The SMILES string of the molecule is COc1ccc(-c2ccc3c(c2)CCC(C(=O)NO)C3)cc1F. The van der Waals surface area contributed by atoms with E-state index in [1.165, 1.54) is 18.7 Å². The number of ether oxygens (including phenoxy) is 1. The van der Waals surface area contributed by atoms with Crippen LogP contribution in [0.1, 0.15) is 17.5 Å². The number of amides is 1. The van der Waals surface area contributed by atoms with Crippen molar-refractivity contribution in [3.05, 3.63) is 53.3 Å². The van der Waals surface area contributed by atoms with E-state index >= 15 is 0 Å². The Labute approximate surface area is 133 Å². The maximum Gasteiger partial charge on any atom is 0.246 e. The van der Waals surface area contributed by atoms with E-state index in [4.69, 9.17) is 9.94 Å². The molecule has 120 valence electrons. The fourth-order valence-corrected chi connectivity index (χ4v) is 3.10. The molecule has 2 N–H and O–H groups in total. The molecule has 5 heteroatoms. The second kappa shape index (κ2) is 6.38. The molecule has 0 spiro atoms. The predicted octanol–water partition coefficient (Wildman–Crippen LogP) is 3.11. The molecule has 0 radical (unpaired) electrons. The number of carbonyl (C=O) groups excluding carboxylic acids is 1. The fourth-order valence-electron chi connectivity index (χ4n) is 3.10. The lowest BCUT2D eigenvalue weighted by Crippen LogP contribution is -2.31. The lowest BCUT2D eigenvalue weighted by Gasteiger charge is -2.23. The van der Waals surface area contributed by atoms with Gasteiger partial charge in [-0.05, 0) is 53.6 Å². The predicted molar refractivity (Wildman–Crippen MR) is 83.8 cm³/mol. The van der Waals surface area contributed by atoms with Gasteiger partial charge in [-0.1, -0.05) is 24.3 Å². The van der Waals surface area contributed by atoms with Gasteiger partial charge < -0.3 is 4.74 Å². The van der Waals surface area contributed by atoms with Crippen LogP contribution in [0.5, 0.6) is 5.75 Å². The lowest BCUT2D eigenvalue weighted by molar-refractivity contribution is -0.133. The van der Waals surface area contributed by atoms with Crippen LogP contribution in [0, 0.1) is 11.7 Å². The van der Waals surface area contributed by atoms with Crippen LogP contribution in [0.15, 0.2) is 36.4 Å². The number of benzene rings is 2. The van der Waals surface area contributed by atoms with Gasteiger partial charge in [-0.3, -0.25) is 10.0 Å². The molecule has 0 saturated carbocycles. The Balaban J connectivity index is 1.88. The smallest absolute Gasteiger partial charge is 0.246 e. The van der Waals surface area contributed by atoms with Crippen LogP contribution in [0.4, 0.5) is 4.39 Å². The molecule has 3 rings (SSSR count). The number of hydrogen-bond donors (Lipinski definition) is 2. The molecule has 2 aromatic carbocycles. The third-order valence-corrected chi connectivity index (χ3v) is 4.40. The molecule has 4 nitrogen and oxygen atoms in total. The van der Waals surface area contributed by atoms with Gasteiger partial charge in [0.05, 0.1) is 7.11 Å². The summed E-state index contributed by atoms with van der Waals surface area (Å²) in [5.41, 5.74) is 5.73. The molecule has 0 saturated heterocycles. The summed E-state index contributed by atoms with van der Waals surface area (Å²) in [6, 6.07) is 10.9. The van der Waals surface area contributed by atoms with Crippen molar-refractivity contribution in [1.82, 2.24) is 5.48 Å². The van der Waals surface area contributed by atoms with Crippen LogP contribution in [-0.2, 0) is 17.6 Å². The number of aryl methyl sites for hydroxylation is 1. The van der Waals surface area contributed by atoms with Crippen LogP contribution >= 0.6 is 0 Å². The fraction of sp³-hybridized carbons (Fsp3) is 0.278. The van der Waals surface area contributed by atoms with Crippen molar-refractivity contribution in [3.63, 3.8) is 0 Å². The topological polar surface area (TPSA) is 58.6 Å². The van der Waals surface area contributed by atoms with E-state index in [1.54, 1.807) is 11.5 Å². The van der Waals surface area contributed by atoms with Gasteiger partial charge >= 0.3 is 0 Å².